The summed E-state index contributed by atoms with van der Waals surface area (Å²) in [5.74, 6) is 0.361. The fourth-order valence-electron chi connectivity index (χ4n) is 1.52. The van der Waals surface area contributed by atoms with E-state index in [0.29, 0.717) is 16.8 Å². The Hall–Kier alpha value is -2.08. The van der Waals surface area contributed by atoms with E-state index >= 15 is 0 Å². The number of H-pyrrole nitrogens is 1. The van der Waals surface area contributed by atoms with Crippen molar-refractivity contribution in [3.05, 3.63) is 23.9 Å². The van der Waals surface area contributed by atoms with Gasteiger partial charge in [0.25, 0.3) is 5.91 Å². The van der Waals surface area contributed by atoms with Crippen LogP contribution in [0.1, 0.15) is 10.5 Å². The molecule has 1 amide bonds. The van der Waals surface area contributed by atoms with Crippen LogP contribution in [0.5, 0.6) is 5.75 Å². The molecule has 90 valence electrons. The van der Waals surface area contributed by atoms with Crippen molar-refractivity contribution in [1.82, 2.24) is 15.3 Å². The third-order valence-electron chi connectivity index (χ3n) is 2.53. The number of fused-ring (bicyclic) bond motifs is 1. The Morgan fingerprint density at radius 3 is 2.82 bits per heavy atom. The number of amides is 1. The second kappa shape index (κ2) is 4.42. The monoisotopic (exact) mass is 235 g/mol. The topological polar surface area (TPSA) is 67.5 Å². The fraction of sp³-hybridized carbons (Fsp3) is 0.273. The SMILES string of the molecule is COc1ccc2[nH]nc(C(=O)N(C)OC)c2c1. The number of benzene rings is 1. The van der Waals surface area contributed by atoms with E-state index in [1.165, 1.54) is 14.2 Å². The Morgan fingerprint density at radius 1 is 1.41 bits per heavy atom. The van der Waals surface area contributed by atoms with Gasteiger partial charge >= 0.3 is 0 Å². The normalized spacial score (nSPS) is 10.5. The summed E-state index contributed by atoms with van der Waals surface area (Å²) < 4.78 is 5.12. The molecule has 1 N–H and O–H groups in total. The standard InChI is InChI=1S/C11H13N3O3/c1-14(17-3)11(15)10-8-6-7(16-2)4-5-9(8)12-13-10/h4-6H,1-3H3,(H,12,13). The second-order valence-electron chi connectivity index (χ2n) is 3.47. The van der Waals surface area contributed by atoms with Crippen LogP contribution < -0.4 is 4.74 Å². The lowest BCUT2D eigenvalue weighted by atomic mass is 10.2. The van der Waals surface area contributed by atoms with Gasteiger partial charge < -0.3 is 4.74 Å². The number of aromatic amines is 1. The van der Waals surface area contributed by atoms with Crippen molar-refractivity contribution in [3.8, 4) is 5.75 Å². The maximum atomic E-state index is 11.9. The molecule has 17 heavy (non-hydrogen) atoms. The van der Waals surface area contributed by atoms with E-state index in [1.807, 2.05) is 6.07 Å². The fourth-order valence-corrected chi connectivity index (χ4v) is 1.52. The molecule has 0 aliphatic rings. The number of aromatic nitrogens is 2. The predicted molar refractivity (Wildman–Crippen MR) is 61.7 cm³/mol. The molecule has 1 aromatic carbocycles. The van der Waals surface area contributed by atoms with Gasteiger partial charge in [0.2, 0.25) is 0 Å². The molecular weight excluding hydrogens is 222 g/mol. The first kappa shape index (κ1) is 11.4. The number of carbonyl (C=O) groups is 1. The zero-order valence-electron chi connectivity index (χ0n) is 9.85. The van der Waals surface area contributed by atoms with Crippen LogP contribution in [-0.4, -0.2) is 42.4 Å². The summed E-state index contributed by atoms with van der Waals surface area (Å²) in [6.07, 6.45) is 0. The van der Waals surface area contributed by atoms with Crippen LogP contribution in [0, 0.1) is 0 Å². The number of ether oxygens (including phenoxy) is 1. The minimum Gasteiger partial charge on any atom is -0.497 e. The molecule has 0 fully saturated rings. The summed E-state index contributed by atoms with van der Waals surface area (Å²) in [5.41, 5.74) is 1.09. The molecular formula is C11H13N3O3. The summed E-state index contributed by atoms with van der Waals surface area (Å²) in [7, 11) is 4.53. The van der Waals surface area contributed by atoms with Gasteiger partial charge in [-0.05, 0) is 18.2 Å². The number of methoxy groups -OCH3 is 1. The van der Waals surface area contributed by atoms with Crippen molar-refractivity contribution in [2.75, 3.05) is 21.3 Å². The van der Waals surface area contributed by atoms with Crippen LogP contribution in [0.3, 0.4) is 0 Å². The van der Waals surface area contributed by atoms with Crippen molar-refractivity contribution in [2.45, 2.75) is 0 Å². The van der Waals surface area contributed by atoms with Crippen LogP contribution >= 0.6 is 0 Å². The highest BCUT2D eigenvalue weighted by molar-refractivity contribution is 6.04. The van der Waals surface area contributed by atoms with E-state index in [9.17, 15) is 4.79 Å². The van der Waals surface area contributed by atoms with Crippen LogP contribution in [0.15, 0.2) is 18.2 Å². The highest BCUT2D eigenvalue weighted by Crippen LogP contribution is 2.22. The Bertz CT molecular complexity index is 550. The van der Waals surface area contributed by atoms with E-state index in [0.717, 1.165) is 10.6 Å². The molecule has 0 radical (unpaired) electrons. The molecule has 0 atom stereocenters. The number of hydrogen-bond acceptors (Lipinski definition) is 4. The first-order chi connectivity index (χ1) is 8.17. The van der Waals surface area contributed by atoms with Crippen LogP contribution in [-0.2, 0) is 4.84 Å². The molecule has 1 heterocycles. The van der Waals surface area contributed by atoms with E-state index in [1.54, 1.807) is 19.2 Å². The molecule has 2 aromatic rings. The zero-order chi connectivity index (χ0) is 12.4. The Balaban J connectivity index is 2.51. The molecule has 6 heteroatoms. The van der Waals surface area contributed by atoms with Crippen molar-refractivity contribution in [1.29, 1.82) is 0 Å². The van der Waals surface area contributed by atoms with Crippen molar-refractivity contribution in [3.63, 3.8) is 0 Å². The van der Waals surface area contributed by atoms with Gasteiger partial charge in [0.15, 0.2) is 5.69 Å². The molecule has 6 nitrogen and oxygen atoms in total. The largest absolute Gasteiger partial charge is 0.497 e. The van der Waals surface area contributed by atoms with Crippen LogP contribution in [0.4, 0.5) is 0 Å². The van der Waals surface area contributed by atoms with Gasteiger partial charge in [-0.2, -0.15) is 5.10 Å². The van der Waals surface area contributed by atoms with E-state index < -0.39 is 0 Å². The number of carbonyl (C=O) groups excluding carboxylic acids is 1. The molecule has 0 aliphatic heterocycles. The summed E-state index contributed by atoms with van der Waals surface area (Å²) in [5, 5.41) is 8.61. The number of rotatable bonds is 3. The second-order valence-corrected chi connectivity index (χ2v) is 3.47. The first-order valence-electron chi connectivity index (χ1n) is 5.01. The number of nitrogens with zero attached hydrogens (tertiary/aromatic N) is 2. The molecule has 0 saturated carbocycles. The first-order valence-corrected chi connectivity index (χ1v) is 5.01. The third-order valence-corrected chi connectivity index (χ3v) is 2.53. The minimum absolute atomic E-state index is 0.309. The molecule has 2 rings (SSSR count). The van der Waals surface area contributed by atoms with Crippen LogP contribution in [0.2, 0.25) is 0 Å². The molecule has 0 saturated heterocycles. The van der Waals surface area contributed by atoms with Gasteiger partial charge in [0, 0.05) is 12.4 Å². The molecule has 0 unspecified atom stereocenters. The molecule has 1 aromatic heterocycles. The van der Waals surface area contributed by atoms with E-state index in [-0.39, 0.29) is 5.91 Å². The number of hydroxylamine groups is 2. The maximum absolute atomic E-state index is 11.9. The van der Waals surface area contributed by atoms with Gasteiger partial charge in [0.05, 0.1) is 19.7 Å². The van der Waals surface area contributed by atoms with Gasteiger partial charge in [-0.1, -0.05) is 0 Å². The van der Waals surface area contributed by atoms with Crippen molar-refractivity contribution >= 4 is 16.8 Å². The quantitative estimate of drug-likeness (QED) is 0.812. The zero-order valence-corrected chi connectivity index (χ0v) is 9.85. The van der Waals surface area contributed by atoms with E-state index in [2.05, 4.69) is 10.2 Å². The van der Waals surface area contributed by atoms with E-state index in [4.69, 9.17) is 9.57 Å². The summed E-state index contributed by atoms with van der Waals surface area (Å²) in [6.45, 7) is 0. The summed E-state index contributed by atoms with van der Waals surface area (Å²) in [4.78, 5) is 16.8. The molecule has 0 spiro atoms. The summed E-state index contributed by atoms with van der Waals surface area (Å²) in [6, 6.07) is 5.37. The van der Waals surface area contributed by atoms with Gasteiger partial charge in [-0.15, -0.1) is 0 Å². The smallest absolute Gasteiger partial charge is 0.298 e. The maximum Gasteiger partial charge on any atom is 0.298 e. The summed E-state index contributed by atoms with van der Waals surface area (Å²) >= 11 is 0. The van der Waals surface area contributed by atoms with Gasteiger partial charge in [0.1, 0.15) is 5.75 Å². The lowest BCUT2D eigenvalue weighted by Crippen LogP contribution is -2.25. The van der Waals surface area contributed by atoms with Crippen molar-refractivity contribution < 1.29 is 14.4 Å². The Kier molecular flexibility index (Phi) is 2.97. The minimum atomic E-state index is -0.313. The van der Waals surface area contributed by atoms with Gasteiger partial charge in [-0.3, -0.25) is 14.7 Å². The molecule has 0 bridgehead atoms. The lowest BCUT2D eigenvalue weighted by Gasteiger charge is -2.11. The average molecular weight is 235 g/mol. The number of nitrogens with one attached hydrogen (secondary N) is 1. The van der Waals surface area contributed by atoms with Crippen molar-refractivity contribution in [2.24, 2.45) is 0 Å². The Morgan fingerprint density at radius 2 is 2.18 bits per heavy atom. The third kappa shape index (κ3) is 1.94. The molecule has 0 aliphatic carbocycles. The Labute approximate surface area is 98.1 Å². The highest BCUT2D eigenvalue weighted by atomic mass is 16.7. The highest BCUT2D eigenvalue weighted by Gasteiger charge is 2.18. The predicted octanol–water partition coefficient (Wildman–Crippen LogP) is 1.20. The van der Waals surface area contributed by atoms with Crippen LogP contribution in [0.25, 0.3) is 10.9 Å². The van der Waals surface area contributed by atoms with Gasteiger partial charge in [-0.25, -0.2) is 5.06 Å². The number of hydrogen-bond donors (Lipinski definition) is 1. The lowest BCUT2D eigenvalue weighted by molar-refractivity contribution is -0.0759. The average Bonchev–Trinajstić information content (AvgIpc) is 2.79.